The Morgan fingerprint density at radius 1 is 1.17 bits per heavy atom. The van der Waals surface area contributed by atoms with E-state index < -0.39 is 17.6 Å². The fraction of sp³-hybridized carbons (Fsp3) is 0.588. The summed E-state index contributed by atoms with van der Waals surface area (Å²) in [5.41, 5.74) is -1.16. The monoisotopic (exact) mass is 363 g/mol. The number of carbonyl (C=O) groups is 1. The molecule has 2 rings (SSSR count). The first-order chi connectivity index (χ1) is 11.3. The number of nitrogens with one attached hydrogen (secondary N) is 2. The molecule has 1 aromatic rings. The Bertz CT molecular complexity index is 569. The highest BCUT2D eigenvalue weighted by Gasteiger charge is 2.35. The highest BCUT2D eigenvalue weighted by molar-refractivity contribution is 6.30. The van der Waals surface area contributed by atoms with Crippen LogP contribution in [0.3, 0.4) is 0 Å². The van der Waals surface area contributed by atoms with Gasteiger partial charge in [-0.1, -0.05) is 18.0 Å². The third kappa shape index (κ3) is 5.11. The van der Waals surface area contributed by atoms with Crippen molar-refractivity contribution in [3.8, 4) is 0 Å². The fourth-order valence-electron chi connectivity index (χ4n) is 3.08. The van der Waals surface area contributed by atoms with E-state index in [9.17, 15) is 18.0 Å². The summed E-state index contributed by atoms with van der Waals surface area (Å²) in [4.78, 5) is 13.6. The van der Waals surface area contributed by atoms with E-state index in [1.54, 1.807) is 6.92 Å². The Labute approximate surface area is 145 Å². The van der Waals surface area contributed by atoms with Crippen LogP contribution in [0, 0.1) is 0 Å². The number of likely N-dealkylation sites (tertiary alicyclic amines) is 1. The van der Waals surface area contributed by atoms with E-state index >= 15 is 0 Å². The number of hydrogen-bond acceptors (Lipinski definition) is 1. The summed E-state index contributed by atoms with van der Waals surface area (Å²) in [6.45, 7) is 3.53. The highest BCUT2D eigenvalue weighted by Crippen LogP contribution is 2.36. The minimum absolute atomic E-state index is 0.0113. The minimum atomic E-state index is -4.57. The van der Waals surface area contributed by atoms with Crippen molar-refractivity contribution >= 4 is 23.2 Å². The zero-order valence-electron chi connectivity index (χ0n) is 13.7. The van der Waals surface area contributed by atoms with E-state index in [1.165, 1.54) is 18.6 Å². The molecule has 1 heterocycles. The Balaban J connectivity index is 2.11. The smallest absolute Gasteiger partial charge is 0.325 e. The summed E-state index contributed by atoms with van der Waals surface area (Å²) in [6.07, 6.45) is 1.03. The molecule has 1 amide bonds. The molecule has 1 fully saturated rings. The van der Waals surface area contributed by atoms with Crippen LogP contribution in [-0.4, -0.2) is 25.0 Å². The van der Waals surface area contributed by atoms with Crippen molar-refractivity contribution in [1.82, 2.24) is 0 Å². The number of halogens is 4. The Kier molecular flexibility index (Phi) is 6.52. The molecule has 3 nitrogen and oxygen atoms in total. The molecular weight excluding hydrogens is 341 g/mol. The van der Waals surface area contributed by atoms with Crippen molar-refractivity contribution in [3.05, 3.63) is 28.8 Å². The van der Waals surface area contributed by atoms with Crippen LogP contribution >= 0.6 is 11.6 Å². The van der Waals surface area contributed by atoms with E-state index in [-0.39, 0.29) is 16.8 Å². The van der Waals surface area contributed by atoms with Crippen LogP contribution in [0.4, 0.5) is 18.9 Å². The molecule has 2 N–H and O–H groups in total. The number of carbonyl (C=O) groups excluding carboxylic acids is 1. The van der Waals surface area contributed by atoms with Gasteiger partial charge in [0, 0.05) is 5.02 Å². The number of quaternary nitrogens is 1. The van der Waals surface area contributed by atoms with Gasteiger partial charge < -0.3 is 10.2 Å². The first-order valence-corrected chi connectivity index (χ1v) is 8.69. The molecule has 0 aliphatic carbocycles. The van der Waals surface area contributed by atoms with Crippen molar-refractivity contribution in [2.24, 2.45) is 0 Å². The lowest BCUT2D eigenvalue weighted by Crippen LogP contribution is -3.16. The van der Waals surface area contributed by atoms with Gasteiger partial charge in [0.1, 0.15) is 0 Å². The van der Waals surface area contributed by atoms with Crippen molar-refractivity contribution in [3.63, 3.8) is 0 Å². The maximum absolute atomic E-state index is 13.1. The Hall–Kier alpha value is -1.27. The zero-order chi connectivity index (χ0) is 17.7. The lowest BCUT2D eigenvalue weighted by Gasteiger charge is -2.27. The summed E-state index contributed by atoms with van der Waals surface area (Å²) in [5, 5.41) is 2.43. The van der Waals surface area contributed by atoms with Crippen LogP contribution in [0.1, 0.15) is 44.6 Å². The SMILES string of the molecule is C[C@@H](C(=O)Nc1ccc(Cl)cc1C(F)(F)F)[NH+]1CCCCCCC1. The molecule has 0 bridgehead atoms. The summed E-state index contributed by atoms with van der Waals surface area (Å²) in [6, 6.07) is 3.00. The minimum Gasteiger partial charge on any atom is -0.325 e. The molecule has 24 heavy (non-hydrogen) atoms. The third-order valence-electron chi connectivity index (χ3n) is 4.55. The quantitative estimate of drug-likeness (QED) is 0.846. The van der Waals surface area contributed by atoms with Crippen LogP contribution in [-0.2, 0) is 11.0 Å². The molecule has 1 saturated heterocycles. The first kappa shape index (κ1) is 19.1. The van der Waals surface area contributed by atoms with Gasteiger partial charge in [0.05, 0.1) is 24.3 Å². The van der Waals surface area contributed by atoms with E-state index in [1.807, 2.05) is 0 Å². The molecule has 134 valence electrons. The second-order valence-electron chi connectivity index (χ2n) is 6.32. The van der Waals surface area contributed by atoms with Gasteiger partial charge in [0.2, 0.25) is 0 Å². The fourth-order valence-corrected chi connectivity index (χ4v) is 3.25. The molecule has 7 heteroatoms. The van der Waals surface area contributed by atoms with Crippen LogP contribution < -0.4 is 10.2 Å². The van der Waals surface area contributed by atoms with Crippen LogP contribution in [0.5, 0.6) is 0 Å². The predicted octanol–water partition coefficient (Wildman–Crippen LogP) is 3.53. The summed E-state index contributed by atoms with van der Waals surface area (Å²) in [5.74, 6) is -0.390. The van der Waals surface area contributed by atoms with Gasteiger partial charge in [0.25, 0.3) is 5.91 Å². The van der Waals surface area contributed by atoms with Gasteiger partial charge in [-0.25, -0.2) is 0 Å². The molecule has 0 saturated carbocycles. The van der Waals surface area contributed by atoms with Crippen molar-refractivity contribution in [2.45, 2.75) is 51.2 Å². The Morgan fingerprint density at radius 2 is 1.75 bits per heavy atom. The van der Waals surface area contributed by atoms with Crippen LogP contribution in [0.25, 0.3) is 0 Å². The average Bonchev–Trinajstić information content (AvgIpc) is 2.47. The lowest BCUT2D eigenvalue weighted by molar-refractivity contribution is -0.914. The lowest BCUT2D eigenvalue weighted by atomic mass is 10.1. The van der Waals surface area contributed by atoms with E-state index in [0.29, 0.717) is 0 Å². The topological polar surface area (TPSA) is 33.5 Å². The van der Waals surface area contributed by atoms with Crippen molar-refractivity contribution < 1.29 is 22.9 Å². The van der Waals surface area contributed by atoms with Crippen LogP contribution in [0.15, 0.2) is 18.2 Å². The maximum Gasteiger partial charge on any atom is 0.418 e. The van der Waals surface area contributed by atoms with Gasteiger partial charge in [-0.2, -0.15) is 13.2 Å². The van der Waals surface area contributed by atoms with E-state index in [4.69, 9.17) is 11.6 Å². The van der Waals surface area contributed by atoms with Gasteiger partial charge >= 0.3 is 6.18 Å². The molecule has 0 radical (unpaired) electrons. The van der Waals surface area contributed by atoms with Crippen LogP contribution in [0.2, 0.25) is 5.02 Å². The molecular formula is C17H23ClF3N2O+. The molecule has 1 aliphatic heterocycles. The number of alkyl halides is 3. The number of benzene rings is 1. The highest BCUT2D eigenvalue weighted by atomic mass is 35.5. The molecule has 1 atom stereocenters. The van der Waals surface area contributed by atoms with Gasteiger partial charge in [0.15, 0.2) is 6.04 Å². The second kappa shape index (κ2) is 8.21. The number of anilines is 1. The molecule has 0 aromatic heterocycles. The predicted molar refractivity (Wildman–Crippen MR) is 88.3 cm³/mol. The normalized spacial score (nSPS) is 18.5. The van der Waals surface area contributed by atoms with Gasteiger partial charge in [-0.05, 0) is 50.8 Å². The van der Waals surface area contributed by atoms with E-state index in [2.05, 4.69) is 5.32 Å². The second-order valence-corrected chi connectivity index (χ2v) is 6.76. The molecule has 1 aromatic carbocycles. The maximum atomic E-state index is 13.1. The number of rotatable bonds is 3. The first-order valence-electron chi connectivity index (χ1n) is 8.31. The summed E-state index contributed by atoms with van der Waals surface area (Å²) >= 11 is 5.66. The third-order valence-corrected chi connectivity index (χ3v) is 4.78. The molecule has 0 unspecified atom stereocenters. The average molecular weight is 364 g/mol. The number of hydrogen-bond donors (Lipinski definition) is 2. The van der Waals surface area contributed by atoms with E-state index in [0.717, 1.165) is 49.7 Å². The zero-order valence-corrected chi connectivity index (χ0v) is 14.4. The standard InChI is InChI=1S/C17H22ClF3N2O/c1-12(23-9-5-3-2-4-6-10-23)16(24)22-15-8-7-13(18)11-14(15)17(19,20)21/h7-8,11-12H,2-6,9-10H2,1H3,(H,22,24)/p+1/t12-/m0/s1. The van der Waals surface area contributed by atoms with Gasteiger partial charge in [-0.15, -0.1) is 0 Å². The number of amides is 1. The summed E-state index contributed by atoms with van der Waals surface area (Å²) < 4.78 is 39.4. The summed E-state index contributed by atoms with van der Waals surface area (Å²) in [7, 11) is 0. The van der Waals surface area contributed by atoms with Gasteiger partial charge in [-0.3, -0.25) is 4.79 Å². The Morgan fingerprint density at radius 3 is 2.33 bits per heavy atom. The van der Waals surface area contributed by atoms with Crippen molar-refractivity contribution in [2.75, 3.05) is 18.4 Å². The largest absolute Gasteiger partial charge is 0.418 e. The molecule has 1 aliphatic rings. The molecule has 0 spiro atoms. The van der Waals surface area contributed by atoms with Crippen molar-refractivity contribution in [1.29, 1.82) is 0 Å².